The van der Waals surface area contributed by atoms with E-state index in [1.165, 1.54) is 20.8 Å². The highest BCUT2D eigenvalue weighted by molar-refractivity contribution is 7.90. The highest BCUT2D eigenvalue weighted by Gasteiger charge is 2.52. The molecule has 1 aliphatic heterocycles. The van der Waals surface area contributed by atoms with E-state index < -0.39 is 33.8 Å². The summed E-state index contributed by atoms with van der Waals surface area (Å²) in [5.74, 6) is -2.84. The van der Waals surface area contributed by atoms with Crippen molar-refractivity contribution in [3.05, 3.63) is 0 Å². The molecule has 1 aliphatic rings. The van der Waals surface area contributed by atoms with Crippen LogP contribution in [0.3, 0.4) is 0 Å². The average Bonchev–Trinajstić information content (AvgIpc) is 1.79. The zero-order valence-corrected chi connectivity index (χ0v) is 8.66. The second-order valence-corrected chi connectivity index (χ2v) is 6.93. The molecule has 1 rings (SSSR count). The molecule has 0 aromatic rings. The Hall–Kier alpha value is -0.230. The fraction of sp³-hybridized carbons (Fsp3) is 1.00. The van der Waals surface area contributed by atoms with E-state index in [4.69, 9.17) is 0 Å². The third-order valence-corrected chi connectivity index (χ3v) is 4.41. The second-order valence-electron chi connectivity index (χ2n) is 4.24. The molecule has 1 fully saturated rings. The van der Waals surface area contributed by atoms with Gasteiger partial charge in [-0.3, -0.25) is 0 Å². The maximum absolute atomic E-state index is 12.4. The van der Waals surface area contributed by atoms with Gasteiger partial charge in [-0.15, -0.1) is 0 Å². The van der Waals surface area contributed by atoms with Gasteiger partial charge >= 0.3 is 0 Å². The van der Waals surface area contributed by atoms with Crippen molar-refractivity contribution in [2.45, 2.75) is 31.4 Å². The molecule has 0 atom stereocenters. The number of hydrogen-bond acceptors (Lipinski definition) is 2. The largest absolute Gasteiger partial charge is 0.275 e. The number of rotatable bonds is 1. The van der Waals surface area contributed by atoms with Crippen LogP contribution in [0.5, 0.6) is 0 Å². The average molecular weight is 213 g/mol. The standard InChI is InChI=1S/C7H13F2NO2S/c1-6(2,3)13(11,12)10-4-7(8,9)5-10/h4-5H2,1-3H3. The lowest BCUT2D eigenvalue weighted by Gasteiger charge is -2.40. The van der Waals surface area contributed by atoms with Crippen LogP contribution in [0.25, 0.3) is 0 Å². The molecule has 3 nitrogen and oxygen atoms in total. The van der Waals surface area contributed by atoms with Crippen LogP contribution in [-0.2, 0) is 10.0 Å². The molecule has 1 saturated heterocycles. The SMILES string of the molecule is CC(C)(C)S(=O)(=O)N1CC(F)(F)C1. The molecular formula is C7H13F2NO2S. The molecule has 0 bridgehead atoms. The minimum Gasteiger partial charge on any atom is -0.212 e. The van der Waals surface area contributed by atoms with Gasteiger partial charge in [0.1, 0.15) is 0 Å². The Kier molecular flexibility index (Phi) is 2.20. The van der Waals surface area contributed by atoms with Crippen molar-refractivity contribution >= 4 is 10.0 Å². The van der Waals surface area contributed by atoms with Gasteiger partial charge in [0.15, 0.2) is 0 Å². The van der Waals surface area contributed by atoms with Gasteiger partial charge in [0.2, 0.25) is 10.0 Å². The van der Waals surface area contributed by atoms with E-state index in [1.54, 1.807) is 0 Å². The monoisotopic (exact) mass is 213 g/mol. The van der Waals surface area contributed by atoms with Gasteiger partial charge in [0.05, 0.1) is 17.8 Å². The molecule has 6 heteroatoms. The summed E-state index contributed by atoms with van der Waals surface area (Å²) in [4.78, 5) is 0. The molecule has 0 aromatic carbocycles. The van der Waals surface area contributed by atoms with Crippen molar-refractivity contribution in [2.24, 2.45) is 0 Å². The molecule has 0 spiro atoms. The Bertz CT molecular complexity index is 297. The zero-order chi connectivity index (χ0) is 10.5. The third kappa shape index (κ3) is 1.83. The van der Waals surface area contributed by atoms with Crippen molar-refractivity contribution in [3.63, 3.8) is 0 Å². The van der Waals surface area contributed by atoms with E-state index in [0.29, 0.717) is 0 Å². The molecule has 0 unspecified atom stereocenters. The Balaban J connectivity index is 2.77. The van der Waals surface area contributed by atoms with Gasteiger partial charge in [0, 0.05) is 0 Å². The molecule has 0 saturated carbocycles. The minimum atomic E-state index is -3.56. The summed E-state index contributed by atoms with van der Waals surface area (Å²) in [5.41, 5.74) is 0. The van der Waals surface area contributed by atoms with Crippen LogP contribution >= 0.6 is 0 Å². The summed E-state index contributed by atoms with van der Waals surface area (Å²) in [6, 6.07) is 0. The summed E-state index contributed by atoms with van der Waals surface area (Å²) in [5, 5.41) is 0. The number of hydrogen-bond donors (Lipinski definition) is 0. The fourth-order valence-corrected chi connectivity index (χ4v) is 2.52. The number of sulfonamides is 1. The first-order chi connectivity index (χ1) is 5.56. The molecule has 0 aromatic heterocycles. The molecule has 78 valence electrons. The smallest absolute Gasteiger partial charge is 0.212 e. The minimum absolute atomic E-state index is 0.674. The Morgan fingerprint density at radius 3 is 1.85 bits per heavy atom. The Labute approximate surface area is 76.8 Å². The normalized spacial score (nSPS) is 24.1. The zero-order valence-electron chi connectivity index (χ0n) is 7.84. The summed E-state index contributed by atoms with van der Waals surface area (Å²) >= 11 is 0. The van der Waals surface area contributed by atoms with Crippen molar-refractivity contribution < 1.29 is 17.2 Å². The number of halogens is 2. The van der Waals surface area contributed by atoms with Crippen LogP contribution in [0.1, 0.15) is 20.8 Å². The van der Waals surface area contributed by atoms with Crippen molar-refractivity contribution in [3.8, 4) is 0 Å². The highest BCUT2D eigenvalue weighted by atomic mass is 32.2. The van der Waals surface area contributed by atoms with E-state index in [2.05, 4.69) is 0 Å². The van der Waals surface area contributed by atoms with Crippen LogP contribution in [0.15, 0.2) is 0 Å². The first kappa shape index (κ1) is 10.8. The van der Waals surface area contributed by atoms with E-state index >= 15 is 0 Å². The molecule has 1 heterocycles. The van der Waals surface area contributed by atoms with Crippen LogP contribution < -0.4 is 0 Å². The summed E-state index contributed by atoms with van der Waals surface area (Å²) in [7, 11) is -3.56. The quantitative estimate of drug-likeness (QED) is 0.653. The van der Waals surface area contributed by atoms with Crippen LogP contribution in [0.4, 0.5) is 8.78 Å². The summed E-state index contributed by atoms with van der Waals surface area (Å²) in [6.45, 7) is 3.15. The van der Waals surface area contributed by atoms with Gasteiger partial charge in [-0.25, -0.2) is 17.2 Å². The fourth-order valence-electron chi connectivity index (χ4n) is 1.03. The highest BCUT2D eigenvalue weighted by Crippen LogP contribution is 2.33. The first-order valence-corrected chi connectivity index (χ1v) is 5.38. The molecular weight excluding hydrogens is 200 g/mol. The molecule has 0 aliphatic carbocycles. The van der Waals surface area contributed by atoms with Crippen LogP contribution in [-0.4, -0.2) is 36.5 Å². The lowest BCUT2D eigenvalue weighted by Crippen LogP contribution is -2.61. The van der Waals surface area contributed by atoms with Crippen LogP contribution in [0, 0.1) is 0 Å². The van der Waals surface area contributed by atoms with Crippen LogP contribution in [0.2, 0.25) is 0 Å². The molecule has 0 amide bonds. The number of alkyl halides is 2. The summed E-state index contributed by atoms with van der Waals surface area (Å²) in [6.07, 6.45) is 0. The Morgan fingerprint density at radius 2 is 1.62 bits per heavy atom. The predicted molar refractivity (Wildman–Crippen MR) is 45.2 cm³/mol. The molecule has 0 radical (unpaired) electrons. The van der Waals surface area contributed by atoms with E-state index in [9.17, 15) is 17.2 Å². The van der Waals surface area contributed by atoms with Crippen molar-refractivity contribution in [1.29, 1.82) is 0 Å². The Morgan fingerprint density at radius 1 is 1.23 bits per heavy atom. The van der Waals surface area contributed by atoms with E-state index in [1.807, 2.05) is 0 Å². The maximum Gasteiger partial charge on any atom is 0.275 e. The lowest BCUT2D eigenvalue weighted by molar-refractivity contribution is -0.0951. The van der Waals surface area contributed by atoms with Gasteiger partial charge in [0.25, 0.3) is 5.92 Å². The van der Waals surface area contributed by atoms with Gasteiger partial charge in [-0.2, -0.15) is 4.31 Å². The lowest BCUT2D eigenvalue weighted by atomic mass is 10.2. The van der Waals surface area contributed by atoms with Gasteiger partial charge in [-0.1, -0.05) is 0 Å². The first-order valence-electron chi connectivity index (χ1n) is 3.94. The predicted octanol–water partition coefficient (Wildman–Crippen LogP) is 1.07. The molecule has 13 heavy (non-hydrogen) atoms. The van der Waals surface area contributed by atoms with Gasteiger partial charge < -0.3 is 0 Å². The topological polar surface area (TPSA) is 37.4 Å². The van der Waals surface area contributed by atoms with Crippen molar-refractivity contribution in [1.82, 2.24) is 4.31 Å². The second kappa shape index (κ2) is 2.63. The molecule has 0 N–H and O–H groups in total. The number of nitrogens with zero attached hydrogens (tertiary/aromatic N) is 1. The summed E-state index contributed by atoms with van der Waals surface area (Å²) < 4.78 is 47.7. The van der Waals surface area contributed by atoms with E-state index in [-0.39, 0.29) is 0 Å². The van der Waals surface area contributed by atoms with E-state index in [0.717, 1.165) is 4.31 Å². The van der Waals surface area contributed by atoms with Gasteiger partial charge in [-0.05, 0) is 20.8 Å². The maximum atomic E-state index is 12.4. The van der Waals surface area contributed by atoms with Crippen molar-refractivity contribution in [2.75, 3.05) is 13.1 Å². The third-order valence-electron chi connectivity index (χ3n) is 1.93.